The van der Waals surface area contributed by atoms with Gasteiger partial charge in [0.1, 0.15) is 0 Å². The first-order valence-electron chi connectivity index (χ1n) is 5.30. The molecule has 2 aromatic heterocycles. The van der Waals surface area contributed by atoms with Crippen LogP contribution in [0.3, 0.4) is 0 Å². The van der Waals surface area contributed by atoms with E-state index in [0.717, 1.165) is 0 Å². The lowest BCUT2D eigenvalue weighted by Crippen LogP contribution is -2.10. The lowest BCUT2D eigenvalue weighted by atomic mass is 10.4. The van der Waals surface area contributed by atoms with E-state index in [2.05, 4.69) is 35.7 Å². The van der Waals surface area contributed by atoms with Crippen LogP contribution in [0.5, 0.6) is 0 Å². The van der Waals surface area contributed by atoms with Crippen molar-refractivity contribution in [1.29, 1.82) is 0 Å². The van der Waals surface area contributed by atoms with Gasteiger partial charge in [0, 0.05) is 26.9 Å². The van der Waals surface area contributed by atoms with Gasteiger partial charge in [-0.15, -0.1) is 0 Å². The summed E-state index contributed by atoms with van der Waals surface area (Å²) >= 11 is 5.75. The number of nitrogens with one attached hydrogen (secondary N) is 2. The molecule has 0 saturated heterocycles. The Morgan fingerprint density at radius 3 is 2.61 bits per heavy atom. The predicted octanol–water partition coefficient (Wildman–Crippen LogP) is 0.913. The van der Waals surface area contributed by atoms with E-state index in [1.807, 2.05) is 0 Å². The van der Waals surface area contributed by atoms with Gasteiger partial charge in [-0.1, -0.05) is 5.16 Å². The Hall–Kier alpha value is -1.96. The molecule has 0 amide bonds. The molecule has 0 spiro atoms. The molecule has 0 aliphatic carbocycles. The van der Waals surface area contributed by atoms with Crippen molar-refractivity contribution >= 4 is 23.5 Å². The first-order valence-corrected chi connectivity index (χ1v) is 5.67. The second-order valence-corrected chi connectivity index (χ2v) is 3.75. The number of anilines is 2. The molecule has 2 aromatic rings. The summed E-state index contributed by atoms with van der Waals surface area (Å²) in [5.74, 6) is 1.99. The van der Waals surface area contributed by atoms with Gasteiger partial charge in [-0.05, 0) is 11.6 Å². The van der Waals surface area contributed by atoms with E-state index in [1.54, 1.807) is 14.0 Å². The predicted molar refractivity (Wildman–Crippen MR) is 65.6 cm³/mol. The summed E-state index contributed by atoms with van der Waals surface area (Å²) in [6, 6.07) is 0. The quantitative estimate of drug-likeness (QED) is 0.826. The van der Waals surface area contributed by atoms with E-state index in [-0.39, 0.29) is 5.28 Å². The van der Waals surface area contributed by atoms with Crippen LogP contribution in [-0.4, -0.2) is 38.7 Å². The molecule has 0 bridgehead atoms. The van der Waals surface area contributed by atoms with Crippen LogP contribution in [-0.2, 0) is 6.42 Å². The Labute approximate surface area is 108 Å². The summed E-state index contributed by atoms with van der Waals surface area (Å²) in [5, 5.41) is 9.72. The highest BCUT2D eigenvalue weighted by atomic mass is 35.5. The van der Waals surface area contributed by atoms with E-state index in [9.17, 15) is 0 Å². The largest absolute Gasteiger partial charge is 0.357 e. The van der Waals surface area contributed by atoms with Crippen molar-refractivity contribution in [1.82, 2.24) is 25.1 Å². The topological polar surface area (TPSA) is 102 Å². The molecule has 0 unspecified atom stereocenters. The number of rotatable bonds is 5. The fraction of sp³-hybridized carbons (Fsp3) is 0.444. The van der Waals surface area contributed by atoms with E-state index < -0.39 is 0 Å². The van der Waals surface area contributed by atoms with Crippen molar-refractivity contribution in [2.75, 3.05) is 24.2 Å². The monoisotopic (exact) mass is 269 g/mol. The summed E-state index contributed by atoms with van der Waals surface area (Å²) in [7, 11) is 1.71. The first-order chi connectivity index (χ1) is 8.67. The Kier molecular flexibility index (Phi) is 3.88. The SMILES string of the molecule is CNc1nc(Cl)nc(NCCc2noc(C)n2)n1. The molecule has 2 heterocycles. The summed E-state index contributed by atoms with van der Waals surface area (Å²) in [4.78, 5) is 16.0. The molecule has 0 atom stereocenters. The fourth-order valence-corrected chi connectivity index (χ4v) is 1.43. The highest BCUT2D eigenvalue weighted by Gasteiger charge is 2.05. The number of aryl methyl sites for hydroxylation is 1. The van der Waals surface area contributed by atoms with Crippen LogP contribution in [0.4, 0.5) is 11.9 Å². The van der Waals surface area contributed by atoms with E-state index in [4.69, 9.17) is 16.1 Å². The first kappa shape index (κ1) is 12.5. The van der Waals surface area contributed by atoms with Gasteiger partial charge < -0.3 is 15.2 Å². The molecule has 0 radical (unpaired) electrons. The van der Waals surface area contributed by atoms with Crippen LogP contribution in [0.15, 0.2) is 4.52 Å². The molecule has 9 heteroatoms. The second-order valence-electron chi connectivity index (χ2n) is 3.41. The van der Waals surface area contributed by atoms with Gasteiger partial charge in [0.25, 0.3) is 0 Å². The molecule has 2 rings (SSSR count). The molecule has 8 nitrogen and oxygen atoms in total. The molecule has 0 fully saturated rings. The van der Waals surface area contributed by atoms with Crippen molar-refractivity contribution in [3.8, 4) is 0 Å². The maximum atomic E-state index is 5.75. The number of aromatic nitrogens is 5. The van der Waals surface area contributed by atoms with E-state index in [1.165, 1.54) is 0 Å². The van der Waals surface area contributed by atoms with Gasteiger partial charge in [0.2, 0.25) is 23.1 Å². The summed E-state index contributed by atoms with van der Waals surface area (Å²) in [6.45, 7) is 2.32. The Bertz CT molecular complexity index is 529. The zero-order valence-electron chi connectivity index (χ0n) is 9.94. The maximum absolute atomic E-state index is 5.75. The van der Waals surface area contributed by atoms with Crippen LogP contribution >= 0.6 is 11.6 Å². The van der Waals surface area contributed by atoms with Crippen LogP contribution in [0, 0.1) is 6.92 Å². The smallest absolute Gasteiger partial charge is 0.228 e. The van der Waals surface area contributed by atoms with Crippen molar-refractivity contribution in [3.63, 3.8) is 0 Å². The standard InChI is InChI=1S/C9H12ClN7O/c1-5-13-6(17-18-5)3-4-12-9-15-7(10)14-8(11-2)16-9/h3-4H2,1-2H3,(H2,11,12,14,15,16). The third-order valence-electron chi connectivity index (χ3n) is 2.03. The fourth-order valence-electron chi connectivity index (χ4n) is 1.27. The van der Waals surface area contributed by atoms with E-state index >= 15 is 0 Å². The molecule has 0 aliphatic heterocycles. The summed E-state index contributed by atoms with van der Waals surface area (Å²) in [5.41, 5.74) is 0. The third-order valence-corrected chi connectivity index (χ3v) is 2.20. The van der Waals surface area contributed by atoms with Crippen molar-refractivity contribution in [2.24, 2.45) is 0 Å². The van der Waals surface area contributed by atoms with Crippen molar-refractivity contribution in [3.05, 3.63) is 17.0 Å². The number of hydrogen-bond acceptors (Lipinski definition) is 8. The average molecular weight is 270 g/mol. The molecule has 2 N–H and O–H groups in total. The Morgan fingerprint density at radius 1 is 1.17 bits per heavy atom. The number of nitrogens with zero attached hydrogens (tertiary/aromatic N) is 5. The lowest BCUT2D eigenvalue weighted by Gasteiger charge is -2.04. The van der Waals surface area contributed by atoms with Gasteiger partial charge in [-0.2, -0.15) is 19.9 Å². The van der Waals surface area contributed by atoms with Crippen LogP contribution < -0.4 is 10.6 Å². The maximum Gasteiger partial charge on any atom is 0.228 e. The van der Waals surface area contributed by atoms with Crippen LogP contribution in [0.2, 0.25) is 5.28 Å². The molecule has 0 aromatic carbocycles. The lowest BCUT2D eigenvalue weighted by molar-refractivity contribution is 0.387. The third kappa shape index (κ3) is 3.27. The minimum Gasteiger partial charge on any atom is -0.357 e. The number of halogens is 1. The minimum absolute atomic E-state index is 0.132. The van der Waals surface area contributed by atoms with E-state index in [0.29, 0.717) is 36.6 Å². The number of hydrogen-bond donors (Lipinski definition) is 2. The van der Waals surface area contributed by atoms with Gasteiger partial charge in [-0.25, -0.2) is 0 Å². The highest BCUT2D eigenvalue weighted by Crippen LogP contribution is 2.08. The molecular weight excluding hydrogens is 258 g/mol. The Balaban J connectivity index is 1.91. The average Bonchev–Trinajstić information content (AvgIpc) is 2.74. The summed E-state index contributed by atoms with van der Waals surface area (Å²) in [6.07, 6.45) is 0.607. The van der Waals surface area contributed by atoms with Crippen LogP contribution in [0.1, 0.15) is 11.7 Å². The highest BCUT2D eigenvalue weighted by molar-refractivity contribution is 6.28. The second kappa shape index (κ2) is 5.58. The molecule has 0 aliphatic rings. The van der Waals surface area contributed by atoms with Gasteiger partial charge in [-0.3, -0.25) is 0 Å². The van der Waals surface area contributed by atoms with Crippen LogP contribution in [0.25, 0.3) is 0 Å². The van der Waals surface area contributed by atoms with Gasteiger partial charge in [0.15, 0.2) is 5.82 Å². The zero-order valence-corrected chi connectivity index (χ0v) is 10.7. The zero-order chi connectivity index (χ0) is 13.0. The van der Waals surface area contributed by atoms with Crippen molar-refractivity contribution < 1.29 is 4.52 Å². The summed E-state index contributed by atoms with van der Waals surface area (Å²) < 4.78 is 4.86. The Morgan fingerprint density at radius 2 is 1.94 bits per heavy atom. The van der Waals surface area contributed by atoms with Crippen molar-refractivity contribution in [2.45, 2.75) is 13.3 Å². The molecular formula is C9H12ClN7O. The molecule has 0 saturated carbocycles. The van der Waals surface area contributed by atoms with Gasteiger partial charge in [0.05, 0.1) is 0 Å². The van der Waals surface area contributed by atoms with Gasteiger partial charge >= 0.3 is 0 Å². The normalized spacial score (nSPS) is 10.4. The molecule has 18 heavy (non-hydrogen) atoms. The molecule has 96 valence electrons. The minimum atomic E-state index is 0.132.